The Morgan fingerprint density at radius 1 is 1.13 bits per heavy atom. The molecule has 0 aromatic heterocycles. The van der Waals surface area contributed by atoms with Gasteiger partial charge in [-0.3, -0.25) is 9.79 Å². The lowest BCUT2D eigenvalue weighted by Crippen LogP contribution is -2.31. The van der Waals surface area contributed by atoms with E-state index in [2.05, 4.69) is 4.99 Å². The van der Waals surface area contributed by atoms with Crippen LogP contribution in [0.3, 0.4) is 0 Å². The van der Waals surface area contributed by atoms with Crippen LogP contribution in [0.5, 0.6) is 0 Å². The Labute approximate surface area is 171 Å². The van der Waals surface area contributed by atoms with E-state index in [4.69, 9.17) is 4.74 Å². The molecular formula is C22H19F3N2O3. The van der Waals surface area contributed by atoms with Crippen molar-refractivity contribution in [3.8, 4) is 0 Å². The molecule has 0 aliphatic carbocycles. The quantitative estimate of drug-likeness (QED) is 0.527. The number of hydrogen-bond acceptors (Lipinski definition) is 4. The minimum absolute atomic E-state index is 0.0205. The SMILES string of the molecule is CN1C(=O)C(=NC(C/C=C/C(=O)OCc2ccccc2)C(F)(F)F)c2ccccc21. The average Bonchev–Trinajstić information content (AvgIpc) is 2.96. The number of carbonyl (C=O) groups is 2. The van der Waals surface area contributed by atoms with Gasteiger partial charge in [-0.25, -0.2) is 4.79 Å². The third kappa shape index (κ3) is 4.94. The summed E-state index contributed by atoms with van der Waals surface area (Å²) in [4.78, 5) is 29.1. The number of alkyl halides is 3. The van der Waals surface area contributed by atoms with E-state index in [-0.39, 0.29) is 12.3 Å². The summed E-state index contributed by atoms with van der Waals surface area (Å²) in [6, 6.07) is 13.3. The van der Waals surface area contributed by atoms with Crippen molar-refractivity contribution in [2.45, 2.75) is 25.2 Å². The third-order valence-electron chi connectivity index (χ3n) is 4.53. The largest absolute Gasteiger partial charge is 0.458 e. The summed E-state index contributed by atoms with van der Waals surface area (Å²) in [6.07, 6.45) is -3.27. The van der Waals surface area contributed by atoms with E-state index < -0.39 is 30.5 Å². The number of nitrogens with zero attached hydrogens (tertiary/aromatic N) is 2. The van der Waals surface area contributed by atoms with Crippen LogP contribution in [0.2, 0.25) is 0 Å². The van der Waals surface area contributed by atoms with Gasteiger partial charge in [0, 0.05) is 18.7 Å². The molecule has 0 radical (unpaired) electrons. The van der Waals surface area contributed by atoms with Crippen molar-refractivity contribution >= 4 is 23.3 Å². The second-order valence-electron chi connectivity index (χ2n) is 6.65. The van der Waals surface area contributed by atoms with Crippen molar-refractivity contribution in [3.63, 3.8) is 0 Å². The van der Waals surface area contributed by atoms with Crippen molar-refractivity contribution in [1.29, 1.82) is 0 Å². The van der Waals surface area contributed by atoms with Gasteiger partial charge in [0.05, 0.1) is 5.69 Å². The Morgan fingerprint density at radius 2 is 1.80 bits per heavy atom. The molecule has 0 spiro atoms. The number of halogens is 3. The first-order chi connectivity index (χ1) is 14.3. The van der Waals surface area contributed by atoms with Gasteiger partial charge in [-0.05, 0) is 18.1 Å². The fourth-order valence-electron chi connectivity index (χ4n) is 2.96. The molecule has 0 fully saturated rings. The first-order valence-corrected chi connectivity index (χ1v) is 9.16. The minimum Gasteiger partial charge on any atom is -0.458 e. The van der Waals surface area contributed by atoms with Crippen LogP contribution in [0.4, 0.5) is 18.9 Å². The Bertz CT molecular complexity index is 985. The number of benzene rings is 2. The number of esters is 1. The van der Waals surface area contributed by atoms with Crippen LogP contribution in [0.25, 0.3) is 0 Å². The Balaban J connectivity index is 1.70. The van der Waals surface area contributed by atoms with Crippen LogP contribution in [0.1, 0.15) is 17.5 Å². The lowest BCUT2D eigenvalue weighted by Gasteiger charge is -2.15. The van der Waals surface area contributed by atoms with Crippen molar-refractivity contribution in [2.24, 2.45) is 4.99 Å². The van der Waals surface area contributed by atoms with Crippen LogP contribution in [-0.4, -0.2) is 36.9 Å². The van der Waals surface area contributed by atoms with E-state index in [0.717, 1.165) is 17.7 Å². The van der Waals surface area contributed by atoms with Gasteiger partial charge in [0.1, 0.15) is 18.4 Å². The number of aliphatic imine (C=N–C) groups is 1. The number of anilines is 1. The first kappa shape index (κ1) is 21.3. The standard InChI is InChI=1S/C22H19F3N2O3/c1-27-17-11-6-5-10-16(17)20(21(27)29)26-18(22(23,24)25)12-7-13-19(28)30-14-15-8-3-2-4-9-15/h2-11,13,18H,12,14H2,1H3/b13-7+,26-20?. The number of fused-ring (bicyclic) bond motifs is 1. The van der Waals surface area contributed by atoms with Gasteiger partial charge < -0.3 is 9.64 Å². The Kier molecular flexibility index (Phi) is 6.34. The van der Waals surface area contributed by atoms with Crippen molar-refractivity contribution in [3.05, 3.63) is 77.9 Å². The average molecular weight is 416 g/mol. The van der Waals surface area contributed by atoms with Crippen LogP contribution >= 0.6 is 0 Å². The van der Waals surface area contributed by atoms with E-state index >= 15 is 0 Å². The molecule has 0 saturated carbocycles. The van der Waals surface area contributed by atoms with Crippen LogP contribution in [0, 0.1) is 0 Å². The number of rotatable bonds is 6. The lowest BCUT2D eigenvalue weighted by molar-refractivity contribution is -0.146. The van der Waals surface area contributed by atoms with Crippen molar-refractivity contribution < 1.29 is 27.5 Å². The molecule has 1 aliphatic heterocycles. The number of hydrogen-bond donors (Lipinski definition) is 0. The lowest BCUT2D eigenvalue weighted by atomic mass is 10.1. The molecule has 0 saturated heterocycles. The maximum absolute atomic E-state index is 13.5. The minimum atomic E-state index is -4.68. The summed E-state index contributed by atoms with van der Waals surface area (Å²) in [5.74, 6) is -1.36. The predicted octanol–water partition coefficient (Wildman–Crippen LogP) is 4.07. The topological polar surface area (TPSA) is 59.0 Å². The zero-order chi connectivity index (χ0) is 21.7. The molecule has 30 heavy (non-hydrogen) atoms. The summed E-state index contributed by atoms with van der Waals surface area (Å²) >= 11 is 0. The van der Waals surface area contributed by atoms with Crippen molar-refractivity contribution in [1.82, 2.24) is 0 Å². The van der Waals surface area contributed by atoms with Gasteiger partial charge in [-0.1, -0.05) is 54.6 Å². The Morgan fingerprint density at radius 3 is 2.50 bits per heavy atom. The van der Waals surface area contributed by atoms with E-state index in [1.54, 1.807) is 48.5 Å². The number of ether oxygens (including phenoxy) is 1. The normalized spacial score (nSPS) is 16.2. The monoisotopic (exact) mass is 416 g/mol. The number of amides is 1. The zero-order valence-electron chi connectivity index (χ0n) is 16.1. The molecule has 0 N–H and O–H groups in total. The number of para-hydroxylation sites is 1. The summed E-state index contributed by atoms with van der Waals surface area (Å²) in [5.41, 5.74) is 1.38. The molecular weight excluding hydrogens is 397 g/mol. The fourth-order valence-corrected chi connectivity index (χ4v) is 2.96. The molecule has 1 heterocycles. The highest BCUT2D eigenvalue weighted by atomic mass is 19.4. The second-order valence-corrected chi connectivity index (χ2v) is 6.65. The molecule has 1 amide bonds. The summed E-state index contributed by atoms with van der Waals surface area (Å²) in [6.45, 7) is 0.0205. The Hall–Kier alpha value is -3.42. The predicted molar refractivity (Wildman–Crippen MR) is 106 cm³/mol. The fraction of sp³-hybridized carbons (Fsp3) is 0.227. The van der Waals surface area contributed by atoms with Crippen LogP contribution < -0.4 is 4.90 Å². The van der Waals surface area contributed by atoms with Gasteiger partial charge in [-0.2, -0.15) is 13.2 Å². The molecule has 5 nitrogen and oxygen atoms in total. The third-order valence-corrected chi connectivity index (χ3v) is 4.53. The highest BCUT2D eigenvalue weighted by molar-refractivity contribution is 6.54. The van der Waals surface area contributed by atoms with E-state index in [9.17, 15) is 22.8 Å². The van der Waals surface area contributed by atoms with Gasteiger partial charge in [0.25, 0.3) is 5.91 Å². The summed E-state index contributed by atoms with van der Waals surface area (Å²) in [5, 5.41) is 0. The van der Waals surface area contributed by atoms with Gasteiger partial charge in [0.2, 0.25) is 0 Å². The van der Waals surface area contributed by atoms with Crippen LogP contribution in [-0.2, 0) is 20.9 Å². The molecule has 2 aromatic carbocycles. The van der Waals surface area contributed by atoms with Gasteiger partial charge in [-0.15, -0.1) is 0 Å². The van der Waals surface area contributed by atoms with Crippen molar-refractivity contribution in [2.75, 3.05) is 11.9 Å². The number of likely N-dealkylation sites (N-methyl/N-ethyl adjacent to an activating group) is 1. The van der Waals surface area contributed by atoms with Crippen LogP contribution in [0.15, 0.2) is 71.7 Å². The molecule has 3 rings (SSSR count). The molecule has 2 aromatic rings. The molecule has 8 heteroatoms. The summed E-state index contributed by atoms with van der Waals surface area (Å²) in [7, 11) is 1.48. The van der Waals surface area contributed by atoms with E-state index in [1.165, 1.54) is 11.9 Å². The highest BCUT2D eigenvalue weighted by Crippen LogP contribution is 2.31. The highest BCUT2D eigenvalue weighted by Gasteiger charge is 2.41. The summed E-state index contributed by atoms with van der Waals surface area (Å²) < 4.78 is 45.5. The zero-order valence-corrected chi connectivity index (χ0v) is 16.1. The van der Waals surface area contributed by atoms with Gasteiger partial charge in [0.15, 0.2) is 0 Å². The molecule has 156 valence electrons. The first-order valence-electron chi connectivity index (χ1n) is 9.16. The molecule has 1 unspecified atom stereocenters. The van der Waals surface area contributed by atoms with E-state index in [0.29, 0.717) is 11.3 Å². The smallest absolute Gasteiger partial charge is 0.411 e. The maximum Gasteiger partial charge on any atom is 0.411 e. The van der Waals surface area contributed by atoms with E-state index in [1.807, 2.05) is 6.07 Å². The molecule has 0 bridgehead atoms. The number of carbonyl (C=O) groups excluding carboxylic acids is 2. The maximum atomic E-state index is 13.5. The second kappa shape index (κ2) is 8.94. The van der Waals surface area contributed by atoms with Gasteiger partial charge >= 0.3 is 12.1 Å². The molecule has 1 aliphatic rings. The molecule has 1 atom stereocenters.